The highest BCUT2D eigenvalue weighted by Gasteiger charge is 2.63. The quantitative estimate of drug-likeness (QED) is 0.306. The molecule has 4 heterocycles. The Balaban J connectivity index is 1.25. The molecule has 19 heteroatoms. The first-order chi connectivity index (χ1) is 28.3. The minimum atomic E-state index is -4.08. The van der Waals surface area contributed by atoms with Crippen molar-refractivity contribution in [2.24, 2.45) is 5.92 Å². The lowest BCUT2D eigenvalue weighted by Crippen LogP contribution is -2.60. The Kier molecular flexibility index (Phi) is 11.7. The fourth-order valence-corrected chi connectivity index (χ4v) is 9.30. The molecule has 2 aliphatic carbocycles. The number of aryl methyl sites for hydroxylation is 1. The van der Waals surface area contributed by atoms with Gasteiger partial charge in [0.1, 0.15) is 29.5 Å². The lowest BCUT2D eigenvalue weighted by molar-refractivity contribution is -0.145. The molecule has 0 radical (unpaired) electrons. The Bertz CT molecular complexity index is 2180. The van der Waals surface area contributed by atoms with Crippen molar-refractivity contribution in [2.75, 3.05) is 20.3 Å². The normalized spacial score (nSPS) is 29.6. The number of alkyl carbamates (subject to hydrolysis) is 1. The number of pyridine rings is 1. The highest BCUT2D eigenvalue weighted by molar-refractivity contribution is 7.91. The van der Waals surface area contributed by atoms with E-state index in [0.717, 1.165) is 31.2 Å². The molecule has 7 atom stereocenters. The molecule has 60 heavy (non-hydrogen) atoms. The molecule has 1 aromatic heterocycles. The molecule has 1 aromatic carbocycles. The molecule has 328 valence electrons. The first-order valence-corrected chi connectivity index (χ1v) is 21.8. The Morgan fingerprint density at radius 2 is 1.90 bits per heavy atom. The van der Waals surface area contributed by atoms with Gasteiger partial charge >= 0.3 is 6.09 Å². The van der Waals surface area contributed by atoms with Gasteiger partial charge in [0.05, 0.1) is 37.2 Å². The summed E-state index contributed by atoms with van der Waals surface area (Å²) in [6.07, 6.45) is -0.0657. The van der Waals surface area contributed by atoms with Crippen LogP contribution in [-0.2, 0) is 40.3 Å². The van der Waals surface area contributed by atoms with Crippen molar-refractivity contribution in [1.82, 2.24) is 25.2 Å². The van der Waals surface area contributed by atoms with Gasteiger partial charge in [0.15, 0.2) is 5.60 Å². The molecule has 4 amide bonds. The molecule has 2 aromatic rings. The number of alkyl halides is 2. The molecule has 1 saturated heterocycles. The Morgan fingerprint density at radius 1 is 1.15 bits per heavy atom. The number of hydrogen-bond donors (Lipinski definition) is 3. The number of rotatable bonds is 9. The summed E-state index contributed by atoms with van der Waals surface area (Å²) in [6, 6.07) is 2.53. The van der Waals surface area contributed by atoms with Crippen LogP contribution in [0.5, 0.6) is 17.5 Å². The van der Waals surface area contributed by atoms with Crippen LogP contribution in [0, 0.1) is 5.92 Å². The third kappa shape index (κ3) is 8.56. The van der Waals surface area contributed by atoms with Crippen molar-refractivity contribution in [3.63, 3.8) is 0 Å². The highest BCUT2D eigenvalue weighted by Crippen LogP contribution is 2.48. The van der Waals surface area contributed by atoms with Crippen molar-refractivity contribution in [3.8, 4) is 17.5 Å². The van der Waals surface area contributed by atoms with E-state index in [0.29, 0.717) is 55.7 Å². The number of benzene rings is 1. The van der Waals surface area contributed by atoms with Crippen molar-refractivity contribution in [3.05, 3.63) is 35.9 Å². The number of ether oxygens (including phenoxy) is 5. The monoisotopic (exact) mass is 861 g/mol. The van der Waals surface area contributed by atoms with E-state index in [-0.39, 0.29) is 25.3 Å². The molecule has 0 bridgehead atoms. The zero-order valence-electron chi connectivity index (χ0n) is 34.5. The second-order valence-electron chi connectivity index (χ2n) is 17.3. The van der Waals surface area contributed by atoms with E-state index in [1.807, 2.05) is 12.1 Å². The summed E-state index contributed by atoms with van der Waals surface area (Å²) in [4.78, 5) is 62.5. The Labute approximate surface area is 347 Å². The van der Waals surface area contributed by atoms with E-state index in [1.54, 1.807) is 39.2 Å². The summed E-state index contributed by atoms with van der Waals surface area (Å²) in [5, 5.41) is 6.67. The summed E-state index contributed by atoms with van der Waals surface area (Å²) < 4.78 is 84.3. The van der Waals surface area contributed by atoms with Crippen molar-refractivity contribution >= 4 is 44.6 Å². The van der Waals surface area contributed by atoms with Crippen molar-refractivity contribution in [1.29, 1.82) is 0 Å². The summed E-state index contributed by atoms with van der Waals surface area (Å²) in [6.45, 7) is 7.13. The lowest BCUT2D eigenvalue weighted by atomic mass is 10.0. The second-order valence-corrected chi connectivity index (χ2v) is 19.5. The van der Waals surface area contributed by atoms with Crippen molar-refractivity contribution in [2.45, 2.75) is 139 Å². The number of carbonyl (C=O) groups is 4. The number of nitrogens with one attached hydrogen (secondary N) is 3. The van der Waals surface area contributed by atoms with E-state index in [1.165, 1.54) is 11.8 Å². The number of aromatic nitrogens is 1. The summed E-state index contributed by atoms with van der Waals surface area (Å²) in [5.41, 5.74) is -2.97. The van der Waals surface area contributed by atoms with Gasteiger partial charge in [0, 0.05) is 23.3 Å². The number of methoxy groups -OCH3 is 1. The largest absolute Gasteiger partial charge is 0.497 e. The average Bonchev–Trinajstić information content (AvgIpc) is 4.07. The van der Waals surface area contributed by atoms with Gasteiger partial charge in [0.2, 0.25) is 33.6 Å². The SMILES string of the molecule is COc1ccc2c(O[C@@H]3C[C@H]4C(=O)N[C@]5(C(=O)NS(=O)(=O)C6(C)CC6)C[C@H]5/C=C\CC[C@@H](C)O[C@@H](C)[C@H](NC(=O)OC(C)(C)C(F)F)C(=O)N4C3)nc3c(c2c1)CCCO3. The predicted octanol–water partition coefficient (Wildman–Crippen LogP) is 4.07. The predicted molar refractivity (Wildman–Crippen MR) is 212 cm³/mol. The maximum atomic E-state index is 14.8. The van der Waals surface area contributed by atoms with Crippen LogP contribution in [-0.4, -0.2) is 115 Å². The minimum absolute atomic E-state index is 0.0986. The molecular formula is C41H53F2N5O11S. The smallest absolute Gasteiger partial charge is 0.408 e. The highest BCUT2D eigenvalue weighted by atomic mass is 32.2. The number of hydrogen-bond acceptors (Lipinski definition) is 12. The minimum Gasteiger partial charge on any atom is -0.497 e. The first kappa shape index (κ1) is 43.3. The number of nitrogens with zero attached hydrogens (tertiary/aromatic N) is 2. The molecule has 3 aliphatic heterocycles. The van der Waals surface area contributed by atoms with Crippen LogP contribution >= 0.6 is 0 Å². The van der Waals surface area contributed by atoms with E-state index in [4.69, 9.17) is 28.7 Å². The third-order valence-electron chi connectivity index (χ3n) is 12.2. The Morgan fingerprint density at radius 3 is 2.60 bits per heavy atom. The number of fused-ring (bicyclic) bond motifs is 5. The number of carbonyl (C=O) groups excluding carboxylic acids is 4. The zero-order valence-corrected chi connectivity index (χ0v) is 35.4. The number of sulfonamides is 1. The molecule has 3 fully saturated rings. The summed E-state index contributed by atoms with van der Waals surface area (Å²) in [7, 11) is -2.53. The molecule has 5 aliphatic rings. The van der Waals surface area contributed by atoms with Crippen LogP contribution in [0.15, 0.2) is 30.4 Å². The molecule has 2 saturated carbocycles. The summed E-state index contributed by atoms with van der Waals surface area (Å²) >= 11 is 0. The van der Waals surface area contributed by atoms with Gasteiger partial charge in [0.25, 0.3) is 12.3 Å². The van der Waals surface area contributed by atoms with E-state index in [9.17, 15) is 36.4 Å². The lowest BCUT2D eigenvalue weighted by Gasteiger charge is -2.33. The maximum Gasteiger partial charge on any atom is 0.408 e. The van der Waals surface area contributed by atoms with Gasteiger partial charge in [-0.1, -0.05) is 12.2 Å². The van der Waals surface area contributed by atoms with Crippen molar-refractivity contribution < 1.29 is 60.1 Å². The van der Waals surface area contributed by atoms with Gasteiger partial charge < -0.3 is 39.2 Å². The van der Waals surface area contributed by atoms with Gasteiger partial charge in [-0.3, -0.25) is 19.1 Å². The summed E-state index contributed by atoms with van der Waals surface area (Å²) in [5.74, 6) is -1.88. The van der Waals surface area contributed by atoms with E-state index in [2.05, 4.69) is 15.4 Å². The zero-order chi connectivity index (χ0) is 43.4. The number of halogens is 2. The van der Waals surface area contributed by atoms with Gasteiger partial charge in [-0.15, -0.1) is 0 Å². The molecular weight excluding hydrogens is 809 g/mol. The maximum absolute atomic E-state index is 14.8. The molecule has 16 nitrogen and oxygen atoms in total. The van der Waals surface area contributed by atoms with Crippen LogP contribution in [0.2, 0.25) is 0 Å². The van der Waals surface area contributed by atoms with Gasteiger partial charge in [-0.2, -0.15) is 4.98 Å². The second kappa shape index (κ2) is 16.2. The topological polar surface area (TPSA) is 201 Å². The average molecular weight is 862 g/mol. The molecule has 3 N–H and O–H groups in total. The van der Waals surface area contributed by atoms with Gasteiger partial charge in [-0.25, -0.2) is 22.0 Å². The fraction of sp³-hybridized carbons (Fsp3) is 0.634. The van der Waals surface area contributed by atoms with E-state index < -0.39 is 92.5 Å². The van der Waals surface area contributed by atoms with Crippen LogP contribution in [0.4, 0.5) is 13.6 Å². The number of allylic oxidation sites excluding steroid dienone is 1. The van der Waals surface area contributed by atoms with Crippen LogP contribution in [0.3, 0.4) is 0 Å². The fourth-order valence-electron chi connectivity index (χ4n) is 7.99. The van der Waals surface area contributed by atoms with Crippen LogP contribution in [0.25, 0.3) is 10.8 Å². The van der Waals surface area contributed by atoms with E-state index >= 15 is 0 Å². The van der Waals surface area contributed by atoms with Gasteiger partial charge in [-0.05, 0) is 103 Å². The Hall–Kier alpha value is -4.78. The number of amides is 4. The molecule has 7 rings (SSSR count). The van der Waals surface area contributed by atoms with Crippen LogP contribution in [0.1, 0.15) is 85.1 Å². The first-order valence-electron chi connectivity index (χ1n) is 20.4. The molecule has 0 unspecified atom stereocenters. The third-order valence-corrected chi connectivity index (χ3v) is 14.4. The molecule has 0 spiro atoms. The van der Waals surface area contributed by atoms with Crippen LogP contribution < -0.4 is 29.6 Å². The standard InChI is InChI=1S/C41H53F2N5O11S/c1-22-10-7-8-11-24-20-41(24,37(51)47-60(53,54)40(5)15-16-40)46-32(49)30-19-26(21-48(30)35(50)31(23(2)57-22)44-38(52)59-39(3,4)36(42)43)58-34-28-14-13-25(55-6)18-29(28)27-12-9-17-56-33(27)45-34/h8,11,13-14,18,22-24,26,30-31,36H,7,9-10,12,15-17,19-21H2,1-6H3,(H,44,52)(H,46,49)(H,47,51)/b11-8-/t22-,23+,24-,26-,30+,31+,41-/m1/s1.